The van der Waals surface area contributed by atoms with Crippen LogP contribution in [0.2, 0.25) is 0 Å². The van der Waals surface area contributed by atoms with Gasteiger partial charge in [0.1, 0.15) is 6.54 Å². The van der Waals surface area contributed by atoms with Crippen molar-refractivity contribution in [3.05, 3.63) is 58.8 Å². The number of carbonyl (C=O) groups excluding carboxylic acids is 1. The summed E-state index contributed by atoms with van der Waals surface area (Å²) in [5, 5.41) is 4.36. The Morgan fingerprint density at radius 2 is 1.55 bits per heavy atom. The average Bonchev–Trinajstić information content (AvgIpc) is 2.76. The van der Waals surface area contributed by atoms with E-state index in [1.54, 1.807) is 0 Å². The fourth-order valence-corrected chi connectivity index (χ4v) is 4.04. The molecule has 152 valence electrons. The number of para-hydroxylation sites is 2. The number of nitrogens with zero attached hydrogens (tertiary/aromatic N) is 2. The van der Waals surface area contributed by atoms with Crippen LogP contribution in [0.1, 0.15) is 13.8 Å². The van der Waals surface area contributed by atoms with Crippen molar-refractivity contribution in [2.24, 2.45) is 0 Å². The highest BCUT2D eigenvalue weighted by atomic mass is 16.5. The van der Waals surface area contributed by atoms with Crippen LogP contribution >= 0.6 is 0 Å². The van der Waals surface area contributed by atoms with Crippen molar-refractivity contribution in [3.8, 4) is 0 Å². The number of carbonyl (C=O) groups is 1. The zero-order valence-electron chi connectivity index (χ0n) is 17.0. The number of pyridine rings is 1. The third-order valence-electron chi connectivity index (χ3n) is 5.77. The maximum atomic E-state index is 12.9. The van der Waals surface area contributed by atoms with Gasteiger partial charge in [-0.1, -0.05) is 24.3 Å². The summed E-state index contributed by atoms with van der Waals surface area (Å²) in [6.45, 7) is 8.21. The molecule has 1 aliphatic rings. The number of nitrogens with one attached hydrogen (secondary N) is 1. The Hall–Kier alpha value is -2.70. The van der Waals surface area contributed by atoms with Crippen LogP contribution in [0.25, 0.3) is 21.8 Å². The first-order valence-corrected chi connectivity index (χ1v) is 10.1. The van der Waals surface area contributed by atoms with Gasteiger partial charge >= 0.3 is 0 Å². The molecule has 1 N–H and O–H groups in total. The van der Waals surface area contributed by atoms with Crippen molar-refractivity contribution in [1.29, 1.82) is 0 Å². The predicted molar refractivity (Wildman–Crippen MR) is 115 cm³/mol. The number of benzene rings is 2. The molecule has 6 heteroatoms. The van der Waals surface area contributed by atoms with Crippen LogP contribution in [-0.4, -0.2) is 53.8 Å². The molecular formula is C23H27N3O3. The second-order valence-corrected chi connectivity index (χ2v) is 8.14. The molecule has 4 rings (SSSR count). The minimum Gasteiger partial charge on any atom is -0.379 e. The van der Waals surface area contributed by atoms with E-state index in [0.717, 1.165) is 37.3 Å². The Balaban J connectivity index is 1.59. The van der Waals surface area contributed by atoms with Crippen molar-refractivity contribution >= 4 is 27.7 Å². The van der Waals surface area contributed by atoms with E-state index < -0.39 is 0 Å². The van der Waals surface area contributed by atoms with Crippen molar-refractivity contribution in [1.82, 2.24) is 14.8 Å². The quantitative estimate of drug-likeness (QED) is 0.676. The van der Waals surface area contributed by atoms with E-state index in [1.807, 2.05) is 53.1 Å². The van der Waals surface area contributed by atoms with Gasteiger partial charge in [-0.05, 0) is 38.1 Å². The number of aromatic nitrogens is 1. The van der Waals surface area contributed by atoms with Crippen LogP contribution in [0.3, 0.4) is 0 Å². The largest absolute Gasteiger partial charge is 0.379 e. The van der Waals surface area contributed by atoms with E-state index in [2.05, 4.69) is 24.1 Å². The molecule has 2 heterocycles. The SMILES string of the molecule is CC(C)(CNC(=O)Cn1c2ccccc2c(=O)c2ccccc21)N1CCOCC1. The van der Waals surface area contributed by atoms with Crippen LogP contribution in [0.4, 0.5) is 0 Å². The Morgan fingerprint density at radius 1 is 1.00 bits per heavy atom. The van der Waals surface area contributed by atoms with Crippen LogP contribution in [0.15, 0.2) is 53.3 Å². The second-order valence-electron chi connectivity index (χ2n) is 8.14. The van der Waals surface area contributed by atoms with Crippen LogP contribution in [0.5, 0.6) is 0 Å². The molecule has 0 atom stereocenters. The van der Waals surface area contributed by atoms with E-state index >= 15 is 0 Å². The normalized spacial score (nSPS) is 15.7. The summed E-state index contributed by atoms with van der Waals surface area (Å²) in [4.78, 5) is 28.0. The molecule has 1 aliphatic heterocycles. The standard InChI is InChI=1S/C23H27N3O3/c1-23(2,25-11-13-29-14-12-25)16-24-21(27)15-26-19-9-5-3-7-17(19)22(28)18-8-4-6-10-20(18)26/h3-10H,11-16H2,1-2H3,(H,24,27). The van der Waals surface area contributed by atoms with Crippen LogP contribution < -0.4 is 10.7 Å². The fraction of sp³-hybridized carbons (Fsp3) is 0.391. The lowest BCUT2D eigenvalue weighted by Gasteiger charge is -2.40. The number of rotatable bonds is 5. The molecule has 1 amide bonds. The second kappa shape index (κ2) is 7.97. The van der Waals surface area contributed by atoms with Crippen LogP contribution in [0, 0.1) is 0 Å². The van der Waals surface area contributed by atoms with Crippen molar-refractivity contribution < 1.29 is 9.53 Å². The molecule has 1 saturated heterocycles. The number of fused-ring (bicyclic) bond motifs is 2. The van der Waals surface area contributed by atoms with E-state index in [4.69, 9.17) is 4.74 Å². The maximum absolute atomic E-state index is 12.9. The lowest BCUT2D eigenvalue weighted by atomic mass is 10.0. The zero-order chi connectivity index (χ0) is 20.4. The number of ether oxygens (including phenoxy) is 1. The summed E-state index contributed by atoms with van der Waals surface area (Å²) in [6, 6.07) is 14.9. The molecule has 1 aromatic heterocycles. The van der Waals surface area contributed by atoms with Gasteiger partial charge in [-0.2, -0.15) is 0 Å². The van der Waals surface area contributed by atoms with E-state index in [1.165, 1.54) is 0 Å². The van der Waals surface area contributed by atoms with Crippen LogP contribution in [-0.2, 0) is 16.1 Å². The number of hydrogen-bond acceptors (Lipinski definition) is 4. The zero-order valence-corrected chi connectivity index (χ0v) is 17.0. The molecule has 0 aliphatic carbocycles. The Labute approximate surface area is 170 Å². The van der Waals surface area contributed by atoms with Crippen molar-refractivity contribution in [2.75, 3.05) is 32.8 Å². The summed E-state index contributed by atoms with van der Waals surface area (Å²) in [7, 11) is 0. The molecule has 6 nitrogen and oxygen atoms in total. The lowest BCUT2D eigenvalue weighted by Crippen LogP contribution is -2.55. The average molecular weight is 393 g/mol. The minimum atomic E-state index is -0.146. The molecule has 29 heavy (non-hydrogen) atoms. The van der Waals surface area contributed by atoms with Gasteiger partial charge in [-0.3, -0.25) is 14.5 Å². The first-order valence-electron chi connectivity index (χ1n) is 10.1. The predicted octanol–water partition coefficient (Wildman–Crippen LogP) is 2.38. The molecule has 1 fully saturated rings. The van der Waals surface area contributed by atoms with Gasteiger partial charge in [0.05, 0.1) is 24.2 Å². The molecule has 0 radical (unpaired) electrons. The van der Waals surface area contributed by atoms with Gasteiger partial charge in [-0.15, -0.1) is 0 Å². The highest BCUT2D eigenvalue weighted by Gasteiger charge is 2.28. The van der Waals surface area contributed by atoms with Crippen molar-refractivity contribution in [2.45, 2.75) is 25.9 Å². The molecule has 0 bridgehead atoms. The molecule has 0 unspecified atom stereocenters. The summed E-state index contributed by atoms with van der Waals surface area (Å²) >= 11 is 0. The van der Waals surface area contributed by atoms with Gasteiger partial charge < -0.3 is 14.6 Å². The Morgan fingerprint density at radius 3 is 2.14 bits per heavy atom. The molecule has 2 aromatic carbocycles. The van der Waals surface area contributed by atoms with Crippen molar-refractivity contribution in [3.63, 3.8) is 0 Å². The molecule has 3 aromatic rings. The van der Waals surface area contributed by atoms with E-state index in [-0.39, 0.29) is 23.4 Å². The maximum Gasteiger partial charge on any atom is 0.240 e. The summed E-state index contributed by atoms with van der Waals surface area (Å²) in [6.07, 6.45) is 0. The highest BCUT2D eigenvalue weighted by Crippen LogP contribution is 2.19. The summed E-state index contributed by atoms with van der Waals surface area (Å²) in [5.74, 6) is -0.0645. The third-order valence-corrected chi connectivity index (χ3v) is 5.77. The third kappa shape index (κ3) is 3.91. The molecule has 0 spiro atoms. The topological polar surface area (TPSA) is 63.6 Å². The number of hydrogen-bond donors (Lipinski definition) is 1. The Bertz CT molecular complexity index is 1040. The van der Waals surface area contributed by atoms with Gasteiger partial charge in [-0.25, -0.2) is 0 Å². The fourth-order valence-electron chi connectivity index (χ4n) is 4.04. The summed E-state index contributed by atoms with van der Waals surface area (Å²) < 4.78 is 7.37. The Kier molecular flexibility index (Phi) is 5.39. The van der Waals surface area contributed by atoms with E-state index in [0.29, 0.717) is 17.3 Å². The molecular weight excluding hydrogens is 366 g/mol. The van der Waals surface area contributed by atoms with E-state index in [9.17, 15) is 9.59 Å². The van der Waals surface area contributed by atoms with Gasteiger partial charge in [0.25, 0.3) is 0 Å². The first kappa shape index (κ1) is 19.6. The minimum absolute atomic E-state index is 0.00121. The smallest absolute Gasteiger partial charge is 0.240 e. The first-order chi connectivity index (χ1) is 14.0. The number of amides is 1. The van der Waals surface area contributed by atoms with Gasteiger partial charge in [0.15, 0.2) is 5.43 Å². The van der Waals surface area contributed by atoms with Gasteiger partial charge in [0, 0.05) is 35.9 Å². The highest BCUT2D eigenvalue weighted by molar-refractivity contribution is 5.94. The summed E-state index contributed by atoms with van der Waals surface area (Å²) in [5.41, 5.74) is 1.41. The molecule has 0 saturated carbocycles. The van der Waals surface area contributed by atoms with Gasteiger partial charge in [0.2, 0.25) is 5.91 Å². The monoisotopic (exact) mass is 393 g/mol. The lowest BCUT2D eigenvalue weighted by molar-refractivity contribution is -0.122. The number of morpholine rings is 1.